The summed E-state index contributed by atoms with van der Waals surface area (Å²) in [5.41, 5.74) is 1.85. The zero-order valence-corrected chi connectivity index (χ0v) is 17.0. The van der Waals surface area contributed by atoms with E-state index in [1.807, 2.05) is 29.8 Å². The van der Waals surface area contributed by atoms with E-state index >= 15 is 0 Å². The molecule has 1 atom stereocenters. The summed E-state index contributed by atoms with van der Waals surface area (Å²) in [6.45, 7) is 2.79. The number of hydrogen-bond donors (Lipinski definition) is 1. The fourth-order valence-electron chi connectivity index (χ4n) is 3.84. The van der Waals surface area contributed by atoms with Gasteiger partial charge in [-0.1, -0.05) is 42.0 Å². The van der Waals surface area contributed by atoms with E-state index in [-0.39, 0.29) is 17.9 Å². The molecule has 31 heavy (non-hydrogen) atoms. The maximum atomic E-state index is 14.0. The standard InChI is InChI=1S/C24H22FN3O3/c1-16-6-8-17(9-7-16)22(29)20-21(18-4-2-5-19(25)14-18)28(24(31)23(20)30)12-3-11-27-13-10-26-15-27/h2,4-10,13-15,21,29H,3,11-12H2,1H3/t21-/m0/s1. The van der Waals surface area contributed by atoms with Crippen LogP contribution < -0.4 is 0 Å². The number of carbonyl (C=O) groups excluding carboxylic acids is 2. The lowest BCUT2D eigenvalue weighted by atomic mass is 9.95. The number of benzene rings is 2. The van der Waals surface area contributed by atoms with E-state index < -0.39 is 23.5 Å². The normalized spacial score (nSPS) is 18.0. The van der Waals surface area contributed by atoms with Crippen LogP contribution in [-0.2, 0) is 16.1 Å². The summed E-state index contributed by atoms with van der Waals surface area (Å²) >= 11 is 0. The van der Waals surface area contributed by atoms with Gasteiger partial charge in [0.05, 0.1) is 17.9 Å². The molecule has 1 N–H and O–H groups in total. The Morgan fingerprint density at radius 3 is 2.58 bits per heavy atom. The number of amides is 1. The number of halogens is 1. The van der Waals surface area contributed by atoms with E-state index in [1.165, 1.54) is 23.1 Å². The van der Waals surface area contributed by atoms with Gasteiger partial charge in [-0.3, -0.25) is 9.59 Å². The summed E-state index contributed by atoms with van der Waals surface area (Å²) in [5, 5.41) is 11.0. The maximum absolute atomic E-state index is 14.0. The molecule has 1 amide bonds. The van der Waals surface area contributed by atoms with Crippen molar-refractivity contribution >= 4 is 17.4 Å². The van der Waals surface area contributed by atoms with Gasteiger partial charge in [-0.2, -0.15) is 0 Å². The van der Waals surface area contributed by atoms with Crippen molar-refractivity contribution in [3.05, 3.63) is 95.3 Å². The molecule has 1 aliphatic heterocycles. The molecule has 1 aliphatic rings. The van der Waals surface area contributed by atoms with Crippen LogP contribution in [-0.4, -0.2) is 37.8 Å². The Morgan fingerprint density at radius 2 is 1.90 bits per heavy atom. The number of Topliss-reactive ketones (excluding diaryl/α,β-unsaturated/α-hetero) is 1. The SMILES string of the molecule is Cc1ccc(C(O)=C2C(=O)C(=O)N(CCCn3ccnc3)[C@H]2c2cccc(F)c2)cc1. The summed E-state index contributed by atoms with van der Waals surface area (Å²) in [6, 6.07) is 11.9. The molecule has 0 unspecified atom stereocenters. The molecule has 0 aliphatic carbocycles. The van der Waals surface area contributed by atoms with Gasteiger partial charge in [-0.05, 0) is 31.0 Å². The first-order valence-electron chi connectivity index (χ1n) is 10.0. The monoisotopic (exact) mass is 419 g/mol. The van der Waals surface area contributed by atoms with Crippen LogP contribution in [0.2, 0.25) is 0 Å². The smallest absolute Gasteiger partial charge is 0.295 e. The van der Waals surface area contributed by atoms with Crippen LogP contribution in [0.4, 0.5) is 4.39 Å². The van der Waals surface area contributed by atoms with Crippen LogP contribution in [0.5, 0.6) is 0 Å². The molecular formula is C24H22FN3O3. The van der Waals surface area contributed by atoms with E-state index in [0.29, 0.717) is 24.1 Å². The third-order valence-electron chi connectivity index (χ3n) is 5.40. The summed E-state index contributed by atoms with van der Waals surface area (Å²) in [5.74, 6) is -2.20. The van der Waals surface area contributed by atoms with Crippen molar-refractivity contribution in [2.75, 3.05) is 6.54 Å². The second kappa shape index (κ2) is 8.55. The molecule has 3 aromatic rings. The molecule has 2 aromatic carbocycles. The molecule has 0 spiro atoms. The summed E-state index contributed by atoms with van der Waals surface area (Å²) in [7, 11) is 0. The van der Waals surface area contributed by atoms with E-state index in [0.717, 1.165) is 5.56 Å². The third-order valence-corrected chi connectivity index (χ3v) is 5.40. The molecular weight excluding hydrogens is 397 g/mol. The van der Waals surface area contributed by atoms with Gasteiger partial charge in [0.1, 0.15) is 11.6 Å². The van der Waals surface area contributed by atoms with Gasteiger partial charge in [0.2, 0.25) is 0 Å². The highest BCUT2D eigenvalue weighted by Gasteiger charge is 2.45. The molecule has 158 valence electrons. The van der Waals surface area contributed by atoms with Crippen molar-refractivity contribution < 1.29 is 19.1 Å². The Bertz CT molecular complexity index is 1140. The number of likely N-dealkylation sites (tertiary alicyclic amines) is 1. The fourth-order valence-corrected chi connectivity index (χ4v) is 3.84. The van der Waals surface area contributed by atoms with Crippen LogP contribution in [0.1, 0.15) is 29.2 Å². The topological polar surface area (TPSA) is 75.4 Å². The lowest BCUT2D eigenvalue weighted by Gasteiger charge is -2.25. The number of aliphatic hydroxyl groups is 1. The van der Waals surface area contributed by atoms with Crippen LogP contribution in [0.3, 0.4) is 0 Å². The molecule has 1 aromatic heterocycles. The molecule has 0 bridgehead atoms. The average Bonchev–Trinajstić information content (AvgIpc) is 3.36. The molecule has 1 fully saturated rings. The highest BCUT2D eigenvalue weighted by Crippen LogP contribution is 2.39. The first-order valence-corrected chi connectivity index (χ1v) is 10.0. The second-order valence-electron chi connectivity index (χ2n) is 7.57. The van der Waals surface area contributed by atoms with Crippen molar-refractivity contribution in [1.29, 1.82) is 0 Å². The predicted molar refractivity (Wildman–Crippen MR) is 113 cm³/mol. The number of hydrogen-bond acceptors (Lipinski definition) is 4. The lowest BCUT2D eigenvalue weighted by molar-refractivity contribution is -0.139. The molecule has 7 heteroatoms. The van der Waals surface area contributed by atoms with Gasteiger partial charge in [0, 0.05) is 31.0 Å². The summed E-state index contributed by atoms with van der Waals surface area (Å²) in [6.07, 6.45) is 5.73. The summed E-state index contributed by atoms with van der Waals surface area (Å²) in [4.78, 5) is 31.2. The highest BCUT2D eigenvalue weighted by atomic mass is 19.1. The number of aliphatic hydroxyl groups excluding tert-OH is 1. The van der Waals surface area contributed by atoms with Crippen molar-refractivity contribution in [3.8, 4) is 0 Å². The number of aryl methyl sites for hydroxylation is 2. The number of imidazole rings is 1. The lowest BCUT2D eigenvalue weighted by Crippen LogP contribution is -2.31. The van der Waals surface area contributed by atoms with Gasteiger partial charge in [-0.15, -0.1) is 0 Å². The third kappa shape index (κ3) is 4.12. The van der Waals surface area contributed by atoms with Gasteiger partial charge in [0.25, 0.3) is 11.7 Å². The number of rotatable bonds is 6. The number of ketones is 1. The van der Waals surface area contributed by atoms with Crippen molar-refractivity contribution in [1.82, 2.24) is 14.5 Å². The molecule has 2 heterocycles. The number of aromatic nitrogens is 2. The first-order chi connectivity index (χ1) is 15.0. The first kappa shape index (κ1) is 20.5. The van der Waals surface area contributed by atoms with Crippen LogP contribution in [0.25, 0.3) is 5.76 Å². The number of nitrogens with zero attached hydrogens (tertiary/aromatic N) is 3. The zero-order valence-electron chi connectivity index (χ0n) is 17.0. The van der Waals surface area contributed by atoms with Gasteiger partial charge in [-0.25, -0.2) is 9.37 Å². The maximum Gasteiger partial charge on any atom is 0.295 e. The van der Waals surface area contributed by atoms with E-state index in [9.17, 15) is 19.1 Å². The quantitative estimate of drug-likeness (QED) is 0.374. The van der Waals surface area contributed by atoms with Crippen molar-refractivity contribution in [2.45, 2.75) is 25.9 Å². The summed E-state index contributed by atoms with van der Waals surface area (Å²) < 4.78 is 15.9. The minimum atomic E-state index is -0.861. The number of carbonyl (C=O) groups is 2. The Hall–Kier alpha value is -3.74. The minimum absolute atomic E-state index is 0.0258. The molecule has 0 radical (unpaired) electrons. The Kier molecular flexibility index (Phi) is 5.66. The molecule has 4 rings (SSSR count). The molecule has 6 nitrogen and oxygen atoms in total. The largest absolute Gasteiger partial charge is 0.507 e. The van der Waals surface area contributed by atoms with Crippen molar-refractivity contribution in [2.24, 2.45) is 0 Å². The van der Waals surface area contributed by atoms with Crippen molar-refractivity contribution in [3.63, 3.8) is 0 Å². The van der Waals surface area contributed by atoms with Gasteiger partial charge < -0.3 is 14.6 Å². The molecule has 0 saturated carbocycles. The van der Waals surface area contributed by atoms with Gasteiger partial charge in [0.15, 0.2) is 0 Å². The highest BCUT2D eigenvalue weighted by molar-refractivity contribution is 6.46. The van der Waals surface area contributed by atoms with E-state index in [2.05, 4.69) is 4.98 Å². The van der Waals surface area contributed by atoms with Crippen LogP contribution in [0.15, 0.2) is 72.8 Å². The fraction of sp³-hybridized carbons (Fsp3) is 0.208. The zero-order chi connectivity index (χ0) is 22.0. The Labute approximate surface area is 179 Å². The Balaban J connectivity index is 1.73. The van der Waals surface area contributed by atoms with Gasteiger partial charge >= 0.3 is 0 Å². The second-order valence-corrected chi connectivity index (χ2v) is 7.57. The van der Waals surface area contributed by atoms with E-state index in [1.54, 1.807) is 30.7 Å². The Morgan fingerprint density at radius 1 is 1.13 bits per heavy atom. The average molecular weight is 419 g/mol. The van der Waals surface area contributed by atoms with Crippen LogP contribution >= 0.6 is 0 Å². The molecule has 1 saturated heterocycles. The minimum Gasteiger partial charge on any atom is -0.507 e. The van der Waals surface area contributed by atoms with Crippen LogP contribution in [0, 0.1) is 12.7 Å². The predicted octanol–water partition coefficient (Wildman–Crippen LogP) is 3.84. The van der Waals surface area contributed by atoms with E-state index in [4.69, 9.17) is 0 Å².